The first-order valence-electron chi connectivity index (χ1n) is 17.3. The van der Waals surface area contributed by atoms with Gasteiger partial charge in [-0.25, -0.2) is 0 Å². The maximum absolute atomic E-state index is 14.4. The van der Waals surface area contributed by atoms with E-state index in [0.29, 0.717) is 17.2 Å². The molecule has 1 fully saturated rings. The van der Waals surface area contributed by atoms with E-state index in [1.54, 1.807) is 34.5 Å². The van der Waals surface area contributed by atoms with E-state index in [9.17, 15) is 13.2 Å². The van der Waals surface area contributed by atoms with Gasteiger partial charge >= 0.3 is 6.18 Å². The largest absolute Gasteiger partial charge is 0.497 e. The molecule has 1 saturated carbocycles. The number of methoxy groups -OCH3 is 4. The molecule has 2 aliphatic carbocycles. The SMILES string of the molecule is COc1ccc(C2(c3ccc(OC)cc3)C=Cc3c4c(c5cc(OC)c(OC)cc5c3O2)-c2ccc(C(F)(F)F)cc2C42CCCCCC2)cc1. The van der Waals surface area contributed by atoms with Crippen LogP contribution in [-0.2, 0) is 17.2 Å². The maximum atomic E-state index is 14.4. The molecule has 1 heterocycles. The Hall–Kier alpha value is -5.11. The Morgan fingerprint density at radius 3 is 1.75 bits per heavy atom. The molecule has 0 atom stereocenters. The Balaban J connectivity index is 1.47. The van der Waals surface area contributed by atoms with E-state index in [1.807, 2.05) is 60.7 Å². The zero-order chi connectivity index (χ0) is 35.5. The molecule has 0 saturated heterocycles. The van der Waals surface area contributed by atoms with Crippen molar-refractivity contribution in [2.45, 2.75) is 55.7 Å². The van der Waals surface area contributed by atoms with E-state index in [1.165, 1.54) is 12.1 Å². The Morgan fingerprint density at radius 2 is 1.22 bits per heavy atom. The molecule has 0 N–H and O–H groups in total. The van der Waals surface area contributed by atoms with Gasteiger partial charge in [-0.05, 0) is 95.1 Å². The van der Waals surface area contributed by atoms with Crippen LogP contribution in [-0.4, -0.2) is 28.4 Å². The van der Waals surface area contributed by atoms with Crippen molar-refractivity contribution < 1.29 is 36.9 Å². The number of hydrogen-bond donors (Lipinski definition) is 0. The average Bonchev–Trinajstić information content (AvgIpc) is 3.26. The number of alkyl halides is 3. The minimum atomic E-state index is -4.47. The van der Waals surface area contributed by atoms with Crippen LogP contribution in [0.5, 0.6) is 28.7 Å². The molecule has 0 amide bonds. The van der Waals surface area contributed by atoms with Crippen LogP contribution >= 0.6 is 0 Å². The molecule has 0 radical (unpaired) electrons. The molecule has 51 heavy (non-hydrogen) atoms. The molecule has 1 aliphatic heterocycles. The monoisotopic (exact) mass is 692 g/mol. The van der Waals surface area contributed by atoms with Gasteiger partial charge in [0.2, 0.25) is 0 Å². The number of benzene rings is 5. The molecule has 5 aromatic carbocycles. The highest BCUT2D eigenvalue weighted by Crippen LogP contribution is 2.63. The summed E-state index contributed by atoms with van der Waals surface area (Å²) in [6.45, 7) is 0. The average molecular weight is 693 g/mol. The van der Waals surface area contributed by atoms with Crippen molar-refractivity contribution >= 4 is 16.8 Å². The zero-order valence-corrected chi connectivity index (χ0v) is 29.1. The maximum Gasteiger partial charge on any atom is 0.416 e. The van der Waals surface area contributed by atoms with Gasteiger partial charge in [0, 0.05) is 27.5 Å². The van der Waals surface area contributed by atoms with Crippen molar-refractivity contribution in [3.05, 3.63) is 118 Å². The van der Waals surface area contributed by atoms with E-state index in [0.717, 1.165) is 99.7 Å². The standard InChI is InChI=1S/C43H39F3O5/c1-47-29-14-9-26(10-15-29)42(27-11-16-30(48-2)17-12-27)22-19-32-39-38(33-24-36(49-3)37(50-4)25-34(33)40(32)51-42)31-18-13-28(43(44,45)46)23-35(31)41(39)20-7-5-6-8-21-41/h9-19,22-25H,5-8,20-21H2,1-4H3. The summed E-state index contributed by atoms with van der Waals surface area (Å²) < 4.78 is 73.2. The van der Waals surface area contributed by atoms with Crippen LogP contribution in [0.4, 0.5) is 13.2 Å². The third-order valence-corrected chi connectivity index (χ3v) is 11.2. The molecule has 1 spiro atoms. The van der Waals surface area contributed by atoms with Gasteiger partial charge in [0.1, 0.15) is 17.2 Å². The van der Waals surface area contributed by atoms with Crippen LogP contribution in [0.15, 0.2) is 84.9 Å². The van der Waals surface area contributed by atoms with Gasteiger partial charge in [0.25, 0.3) is 0 Å². The second kappa shape index (κ2) is 12.3. The molecule has 5 aromatic rings. The Morgan fingerprint density at radius 1 is 0.647 bits per heavy atom. The summed E-state index contributed by atoms with van der Waals surface area (Å²) in [7, 11) is 6.46. The number of rotatable bonds is 6. The molecule has 262 valence electrons. The fraction of sp³-hybridized carbons (Fsp3) is 0.302. The highest BCUT2D eigenvalue weighted by Gasteiger charge is 2.49. The van der Waals surface area contributed by atoms with Crippen molar-refractivity contribution in [1.82, 2.24) is 0 Å². The van der Waals surface area contributed by atoms with Crippen molar-refractivity contribution in [3.8, 4) is 39.9 Å². The lowest BCUT2D eigenvalue weighted by atomic mass is 9.69. The van der Waals surface area contributed by atoms with Gasteiger partial charge in [-0.3, -0.25) is 0 Å². The van der Waals surface area contributed by atoms with Crippen LogP contribution in [0, 0.1) is 0 Å². The zero-order valence-electron chi connectivity index (χ0n) is 29.1. The summed E-state index contributed by atoms with van der Waals surface area (Å²) in [5, 5.41) is 1.63. The lowest BCUT2D eigenvalue weighted by Crippen LogP contribution is -2.35. The summed E-state index contributed by atoms with van der Waals surface area (Å²) in [5.41, 5.74) is 3.87. The Bertz CT molecular complexity index is 2110. The third-order valence-electron chi connectivity index (χ3n) is 11.2. The number of fused-ring (bicyclic) bond motifs is 10. The fourth-order valence-corrected chi connectivity index (χ4v) is 8.72. The van der Waals surface area contributed by atoms with E-state index < -0.39 is 22.8 Å². The minimum absolute atomic E-state index is 0.527. The quantitative estimate of drug-likeness (QED) is 0.177. The molecule has 0 aromatic heterocycles. The summed E-state index contributed by atoms with van der Waals surface area (Å²) in [6.07, 6.45) is 5.15. The predicted molar refractivity (Wildman–Crippen MR) is 192 cm³/mol. The molecule has 8 heteroatoms. The van der Waals surface area contributed by atoms with Crippen LogP contribution in [0.25, 0.3) is 28.0 Å². The van der Waals surface area contributed by atoms with Gasteiger partial charge < -0.3 is 23.7 Å². The minimum Gasteiger partial charge on any atom is -0.497 e. The lowest BCUT2D eigenvalue weighted by Gasteiger charge is -2.39. The second-order valence-corrected chi connectivity index (χ2v) is 13.6. The van der Waals surface area contributed by atoms with Crippen molar-refractivity contribution in [2.24, 2.45) is 0 Å². The van der Waals surface area contributed by atoms with Crippen LogP contribution in [0.2, 0.25) is 0 Å². The van der Waals surface area contributed by atoms with Gasteiger partial charge in [-0.1, -0.05) is 62.1 Å². The van der Waals surface area contributed by atoms with Gasteiger partial charge in [-0.15, -0.1) is 0 Å². The summed E-state index contributed by atoms with van der Waals surface area (Å²) in [4.78, 5) is 0. The molecular weight excluding hydrogens is 653 g/mol. The first kappa shape index (κ1) is 33.1. The van der Waals surface area contributed by atoms with Crippen molar-refractivity contribution in [1.29, 1.82) is 0 Å². The Labute approximate surface area is 295 Å². The molecule has 3 aliphatic rings. The molecule has 5 nitrogen and oxygen atoms in total. The third kappa shape index (κ3) is 5.05. The molecule has 0 unspecified atom stereocenters. The summed E-state index contributed by atoms with van der Waals surface area (Å²) >= 11 is 0. The van der Waals surface area contributed by atoms with E-state index in [2.05, 4.69) is 12.2 Å². The predicted octanol–water partition coefficient (Wildman–Crippen LogP) is 10.9. The highest BCUT2D eigenvalue weighted by atomic mass is 19.4. The van der Waals surface area contributed by atoms with Crippen molar-refractivity contribution in [3.63, 3.8) is 0 Å². The number of halogens is 3. The van der Waals surface area contributed by atoms with Crippen LogP contribution in [0.1, 0.15) is 71.9 Å². The molecule has 8 rings (SSSR count). The van der Waals surface area contributed by atoms with E-state index in [4.69, 9.17) is 23.7 Å². The van der Waals surface area contributed by atoms with Crippen molar-refractivity contribution in [2.75, 3.05) is 28.4 Å². The Kier molecular flexibility index (Phi) is 7.96. The summed E-state index contributed by atoms with van der Waals surface area (Å²) in [5.74, 6) is 3.14. The molecule has 0 bridgehead atoms. The van der Waals surface area contributed by atoms with Crippen LogP contribution in [0.3, 0.4) is 0 Å². The smallest absolute Gasteiger partial charge is 0.416 e. The van der Waals surface area contributed by atoms with Crippen LogP contribution < -0.4 is 23.7 Å². The number of ether oxygens (including phenoxy) is 5. The first-order chi connectivity index (χ1) is 24.7. The normalized spacial score (nSPS) is 16.8. The first-order valence-corrected chi connectivity index (χ1v) is 17.3. The summed E-state index contributed by atoms with van der Waals surface area (Å²) in [6, 6.07) is 23.8. The topological polar surface area (TPSA) is 46.2 Å². The highest BCUT2D eigenvalue weighted by molar-refractivity contribution is 6.09. The van der Waals surface area contributed by atoms with Gasteiger partial charge in [0.15, 0.2) is 17.1 Å². The molecular formula is C43H39F3O5. The van der Waals surface area contributed by atoms with Gasteiger partial charge in [0.05, 0.1) is 34.0 Å². The second-order valence-electron chi connectivity index (χ2n) is 13.6. The lowest BCUT2D eigenvalue weighted by molar-refractivity contribution is -0.137. The van der Waals surface area contributed by atoms with Gasteiger partial charge in [-0.2, -0.15) is 13.2 Å². The number of hydrogen-bond acceptors (Lipinski definition) is 5. The fourth-order valence-electron chi connectivity index (χ4n) is 8.72. The van der Waals surface area contributed by atoms with E-state index >= 15 is 0 Å². The van der Waals surface area contributed by atoms with E-state index in [-0.39, 0.29) is 0 Å².